The molecule has 0 spiro atoms. The highest BCUT2D eigenvalue weighted by molar-refractivity contribution is 14.1. The summed E-state index contributed by atoms with van der Waals surface area (Å²) in [4.78, 5) is 35.0. The van der Waals surface area contributed by atoms with Crippen LogP contribution in [-0.4, -0.2) is 60.2 Å². The summed E-state index contributed by atoms with van der Waals surface area (Å²) in [6.45, 7) is 3.65. The van der Waals surface area contributed by atoms with Crippen molar-refractivity contribution in [1.82, 2.24) is 0 Å². The van der Waals surface area contributed by atoms with Crippen LogP contribution < -0.4 is 9.47 Å². The number of hydrogen-bond donors (Lipinski definition) is 0. The molecule has 0 aliphatic carbocycles. The molecule has 0 unspecified atom stereocenters. The van der Waals surface area contributed by atoms with Gasteiger partial charge in [-0.3, -0.25) is 14.4 Å². The SMILES string of the molecule is COc1ccc(O[C@@H]2O[C@@H](CI)[C@@H](OC(C)=O)[C@H](OC(C)=O)[C@H]2OC(C)=O)cc1. The lowest BCUT2D eigenvalue weighted by atomic mass is 9.99. The quantitative estimate of drug-likeness (QED) is 0.230. The maximum atomic E-state index is 11.7. The zero-order valence-electron chi connectivity index (χ0n) is 16.5. The van der Waals surface area contributed by atoms with E-state index in [2.05, 4.69) is 22.6 Å². The Morgan fingerprint density at radius 1 is 0.862 bits per heavy atom. The van der Waals surface area contributed by atoms with Crippen LogP contribution >= 0.6 is 22.6 Å². The van der Waals surface area contributed by atoms with Crippen LogP contribution in [0.1, 0.15) is 20.8 Å². The van der Waals surface area contributed by atoms with Crippen molar-refractivity contribution in [3.8, 4) is 11.5 Å². The van der Waals surface area contributed by atoms with E-state index in [0.717, 1.165) is 0 Å². The lowest BCUT2D eigenvalue weighted by molar-refractivity contribution is -0.279. The van der Waals surface area contributed by atoms with E-state index in [1.165, 1.54) is 20.8 Å². The van der Waals surface area contributed by atoms with Gasteiger partial charge < -0.3 is 28.4 Å². The van der Waals surface area contributed by atoms with Crippen molar-refractivity contribution in [2.75, 3.05) is 11.5 Å². The molecule has 1 aliphatic rings. The minimum absolute atomic E-state index is 0.405. The van der Waals surface area contributed by atoms with E-state index in [0.29, 0.717) is 15.9 Å². The van der Waals surface area contributed by atoms with E-state index in [-0.39, 0.29) is 0 Å². The molecule has 1 fully saturated rings. The minimum atomic E-state index is -1.15. The van der Waals surface area contributed by atoms with Gasteiger partial charge in [-0.25, -0.2) is 0 Å². The molecule has 1 heterocycles. The van der Waals surface area contributed by atoms with E-state index in [9.17, 15) is 14.4 Å². The number of rotatable bonds is 7. The molecule has 1 aliphatic heterocycles. The Labute approximate surface area is 182 Å². The van der Waals surface area contributed by atoms with Gasteiger partial charge in [0.05, 0.1) is 7.11 Å². The highest BCUT2D eigenvalue weighted by Gasteiger charge is 2.52. The second-order valence-corrected chi connectivity index (χ2v) is 7.09. The number of methoxy groups -OCH3 is 1. The fourth-order valence-electron chi connectivity index (χ4n) is 2.86. The molecule has 0 radical (unpaired) electrons. The lowest BCUT2D eigenvalue weighted by Crippen LogP contribution is -2.63. The van der Waals surface area contributed by atoms with Gasteiger partial charge in [0.2, 0.25) is 12.4 Å². The summed E-state index contributed by atoms with van der Waals surface area (Å²) in [5.74, 6) is -0.777. The second kappa shape index (κ2) is 10.6. The van der Waals surface area contributed by atoms with Crippen molar-refractivity contribution in [3.63, 3.8) is 0 Å². The molecular weight excluding hydrogens is 499 g/mol. The van der Waals surface area contributed by atoms with E-state index in [1.807, 2.05) is 0 Å². The Morgan fingerprint density at radius 3 is 1.83 bits per heavy atom. The standard InChI is InChI=1S/C19H23IO9/c1-10(21)25-16-15(9-20)29-19(28-14-7-5-13(24-4)6-8-14)18(27-12(3)23)17(16)26-11(2)22/h5-8,15-19H,9H2,1-4H3/t15-,16+,17-,18+,19+/m0/s1. The van der Waals surface area contributed by atoms with Crippen LogP contribution in [0.2, 0.25) is 0 Å². The zero-order chi connectivity index (χ0) is 21.6. The van der Waals surface area contributed by atoms with Crippen molar-refractivity contribution in [1.29, 1.82) is 0 Å². The van der Waals surface area contributed by atoms with Crippen molar-refractivity contribution >= 4 is 40.5 Å². The van der Waals surface area contributed by atoms with Gasteiger partial charge in [0.25, 0.3) is 0 Å². The lowest BCUT2D eigenvalue weighted by Gasteiger charge is -2.43. The predicted octanol–water partition coefficient (Wildman–Crippen LogP) is 2.03. The molecular formula is C19H23IO9. The third-order valence-electron chi connectivity index (χ3n) is 3.96. The summed E-state index contributed by atoms with van der Waals surface area (Å²) in [6, 6.07) is 6.70. The first kappa shape index (κ1) is 23.2. The molecule has 160 valence electrons. The molecule has 0 amide bonds. The summed E-state index contributed by atoms with van der Waals surface area (Å²) < 4.78 is 33.4. The fourth-order valence-corrected chi connectivity index (χ4v) is 3.57. The molecule has 0 bridgehead atoms. The summed E-state index contributed by atoms with van der Waals surface area (Å²) in [5.41, 5.74) is 0. The van der Waals surface area contributed by atoms with E-state index < -0.39 is 48.6 Å². The average molecular weight is 522 g/mol. The number of carbonyl (C=O) groups excluding carboxylic acids is 3. The van der Waals surface area contributed by atoms with Crippen molar-refractivity contribution < 1.29 is 42.8 Å². The number of alkyl halides is 1. The Bertz CT molecular complexity index is 721. The summed E-state index contributed by atoms with van der Waals surface area (Å²) in [6.07, 6.45) is -4.96. The summed E-state index contributed by atoms with van der Waals surface area (Å²) >= 11 is 2.06. The number of hydrogen-bond acceptors (Lipinski definition) is 9. The summed E-state index contributed by atoms with van der Waals surface area (Å²) in [5, 5.41) is 0. The molecule has 0 aromatic heterocycles. The first-order valence-corrected chi connectivity index (χ1v) is 10.3. The molecule has 1 aromatic carbocycles. The molecule has 1 aromatic rings. The van der Waals surface area contributed by atoms with Crippen LogP contribution in [0.4, 0.5) is 0 Å². The molecule has 0 saturated carbocycles. The van der Waals surface area contributed by atoms with Crippen LogP contribution in [0.15, 0.2) is 24.3 Å². The van der Waals surface area contributed by atoms with E-state index >= 15 is 0 Å². The number of carbonyl (C=O) groups is 3. The van der Waals surface area contributed by atoms with Gasteiger partial charge in [0.15, 0.2) is 12.2 Å². The number of esters is 3. The zero-order valence-corrected chi connectivity index (χ0v) is 18.6. The van der Waals surface area contributed by atoms with Gasteiger partial charge in [-0.15, -0.1) is 0 Å². The maximum absolute atomic E-state index is 11.7. The number of ether oxygens (including phenoxy) is 6. The van der Waals surface area contributed by atoms with Crippen LogP contribution in [0.25, 0.3) is 0 Å². The van der Waals surface area contributed by atoms with Gasteiger partial charge >= 0.3 is 17.9 Å². The Morgan fingerprint density at radius 2 is 1.34 bits per heavy atom. The Kier molecular flexibility index (Phi) is 8.50. The molecule has 1 saturated heterocycles. The van der Waals surface area contributed by atoms with Crippen LogP contribution in [0.3, 0.4) is 0 Å². The smallest absolute Gasteiger partial charge is 0.303 e. The molecule has 2 rings (SSSR count). The van der Waals surface area contributed by atoms with Gasteiger partial charge in [0.1, 0.15) is 17.6 Å². The molecule has 10 heteroatoms. The van der Waals surface area contributed by atoms with Crippen LogP contribution in [0, 0.1) is 0 Å². The highest BCUT2D eigenvalue weighted by atomic mass is 127. The normalized spacial score (nSPS) is 26.2. The largest absolute Gasteiger partial charge is 0.497 e. The Hall–Kier alpha value is -2.08. The molecule has 5 atom stereocenters. The van der Waals surface area contributed by atoms with Crippen LogP contribution in [-0.2, 0) is 33.3 Å². The predicted molar refractivity (Wildman–Crippen MR) is 108 cm³/mol. The number of halogens is 1. The van der Waals surface area contributed by atoms with Crippen LogP contribution in [0.5, 0.6) is 11.5 Å². The third-order valence-corrected chi connectivity index (χ3v) is 4.83. The minimum Gasteiger partial charge on any atom is -0.497 e. The third kappa shape index (κ3) is 6.46. The van der Waals surface area contributed by atoms with E-state index in [1.54, 1.807) is 31.4 Å². The van der Waals surface area contributed by atoms with Gasteiger partial charge in [-0.2, -0.15) is 0 Å². The van der Waals surface area contributed by atoms with E-state index in [4.69, 9.17) is 28.4 Å². The summed E-state index contributed by atoms with van der Waals surface area (Å²) in [7, 11) is 1.54. The number of benzene rings is 1. The topological polar surface area (TPSA) is 107 Å². The molecule has 9 nitrogen and oxygen atoms in total. The van der Waals surface area contributed by atoms with Crippen molar-refractivity contribution in [3.05, 3.63) is 24.3 Å². The first-order valence-electron chi connectivity index (χ1n) is 8.79. The fraction of sp³-hybridized carbons (Fsp3) is 0.526. The maximum Gasteiger partial charge on any atom is 0.303 e. The van der Waals surface area contributed by atoms with Crippen molar-refractivity contribution in [2.24, 2.45) is 0 Å². The van der Waals surface area contributed by atoms with Gasteiger partial charge in [0, 0.05) is 25.2 Å². The first-order chi connectivity index (χ1) is 13.7. The van der Waals surface area contributed by atoms with Gasteiger partial charge in [-0.1, -0.05) is 22.6 Å². The average Bonchev–Trinajstić information content (AvgIpc) is 2.65. The second-order valence-electron chi connectivity index (χ2n) is 6.21. The Balaban J connectivity index is 2.37. The monoisotopic (exact) mass is 522 g/mol. The highest BCUT2D eigenvalue weighted by Crippen LogP contribution is 2.31. The van der Waals surface area contributed by atoms with Crippen molar-refractivity contribution in [2.45, 2.75) is 51.5 Å². The molecule has 0 N–H and O–H groups in total. The van der Waals surface area contributed by atoms with Gasteiger partial charge in [-0.05, 0) is 24.3 Å². The molecule has 29 heavy (non-hydrogen) atoms.